The zero-order valence-corrected chi connectivity index (χ0v) is 13.4. The minimum atomic E-state index is -0.357. The number of benzene rings is 1. The third-order valence-corrected chi connectivity index (χ3v) is 3.27. The van der Waals surface area contributed by atoms with Crippen LogP contribution in [0.3, 0.4) is 0 Å². The number of hydrogen-bond donors (Lipinski definition) is 2. The van der Waals surface area contributed by atoms with Crippen LogP contribution in [0.2, 0.25) is 0 Å². The predicted molar refractivity (Wildman–Crippen MR) is 84.7 cm³/mol. The standard InChI is InChI=1S/C14H16BrFN4O/c1-3-6-17-14-18-8-10(15)13(20-14)19-11-5-4-9(16)7-12(11)21-2/h4-5,7-8H,3,6H2,1-2H3,(H2,17,18,19,20). The topological polar surface area (TPSA) is 59.1 Å². The molecule has 1 heterocycles. The Kier molecular flexibility index (Phi) is 5.32. The number of anilines is 3. The maximum atomic E-state index is 13.2. The number of nitrogens with one attached hydrogen (secondary N) is 2. The van der Waals surface area contributed by atoms with Gasteiger partial charge in [0.25, 0.3) is 0 Å². The summed E-state index contributed by atoms with van der Waals surface area (Å²) in [5, 5.41) is 6.22. The highest BCUT2D eigenvalue weighted by Crippen LogP contribution is 2.30. The van der Waals surface area contributed by atoms with Crippen molar-refractivity contribution in [3.63, 3.8) is 0 Å². The zero-order valence-electron chi connectivity index (χ0n) is 11.8. The summed E-state index contributed by atoms with van der Waals surface area (Å²) in [5.41, 5.74) is 0.625. The van der Waals surface area contributed by atoms with E-state index >= 15 is 0 Å². The Morgan fingerprint density at radius 1 is 1.38 bits per heavy atom. The fraction of sp³-hybridized carbons (Fsp3) is 0.286. The van der Waals surface area contributed by atoms with Crippen molar-refractivity contribution in [2.75, 3.05) is 24.3 Å². The summed E-state index contributed by atoms with van der Waals surface area (Å²) in [6, 6.07) is 4.27. The molecule has 0 unspecified atom stereocenters. The van der Waals surface area contributed by atoms with Crippen molar-refractivity contribution in [3.8, 4) is 5.75 Å². The van der Waals surface area contributed by atoms with E-state index in [2.05, 4.69) is 43.5 Å². The second-order valence-corrected chi connectivity index (χ2v) is 5.14. The fourth-order valence-electron chi connectivity index (χ4n) is 1.67. The molecule has 1 aromatic carbocycles. The molecule has 0 spiro atoms. The number of ether oxygens (including phenoxy) is 1. The monoisotopic (exact) mass is 354 g/mol. The zero-order chi connectivity index (χ0) is 15.2. The summed E-state index contributed by atoms with van der Waals surface area (Å²) in [6.45, 7) is 2.86. The molecular weight excluding hydrogens is 339 g/mol. The average molecular weight is 355 g/mol. The minimum absolute atomic E-state index is 0.357. The number of hydrogen-bond acceptors (Lipinski definition) is 5. The highest BCUT2D eigenvalue weighted by atomic mass is 79.9. The molecule has 2 N–H and O–H groups in total. The minimum Gasteiger partial charge on any atom is -0.494 e. The maximum absolute atomic E-state index is 13.2. The third kappa shape index (κ3) is 4.04. The van der Waals surface area contributed by atoms with Gasteiger partial charge in [-0.2, -0.15) is 4.98 Å². The van der Waals surface area contributed by atoms with E-state index in [0.29, 0.717) is 27.7 Å². The molecule has 5 nitrogen and oxygen atoms in total. The molecule has 0 saturated carbocycles. The normalized spacial score (nSPS) is 10.3. The third-order valence-electron chi connectivity index (χ3n) is 2.69. The van der Waals surface area contributed by atoms with Gasteiger partial charge in [0.1, 0.15) is 17.4 Å². The van der Waals surface area contributed by atoms with E-state index in [1.807, 2.05) is 0 Å². The lowest BCUT2D eigenvalue weighted by atomic mass is 10.3. The summed E-state index contributed by atoms with van der Waals surface area (Å²) in [5.74, 6) is 1.16. The van der Waals surface area contributed by atoms with Crippen LogP contribution in [0, 0.1) is 5.82 Å². The summed E-state index contributed by atoms with van der Waals surface area (Å²) in [7, 11) is 1.49. The Morgan fingerprint density at radius 2 is 2.19 bits per heavy atom. The lowest BCUT2D eigenvalue weighted by Crippen LogP contribution is -2.06. The van der Waals surface area contributed by atoms with Gasteiger partial charge in [0.05, 0.1) is 17.3 Å². The van der Waals surface area contributed by atoms with Crippen molar-refractivity contribution >= 4 is 33.4 Å². The highest BCUT2D eigenvalue weighted by Gasteiger charge is 2.09. The van der Waals surface area contributed by atoms with Crippen molar-refractivity contribution in [2.24, 2.45) is 0 Å². The summed E-state index contributed by atoms with van der Waals surface area (Å²) < 4.78 is 19.1. The Hall–Kier alpha value is -1.89. The van der Waals surface area contributed by atoms with Crippen LogP contribution in [-0.4, -0.2) is 23.6 Å². The van der Waals surface area contributed by atoms with Gasteiger partial charge >= 0.3 is 0 Å². The molecule has 0 aliphatic carbocycles. The number of halogens is 2. The molecular formula is C14H16BrFN4O. The molecule has 0 amide bonds. The smallest absolute Gasteiger partial charge is 0.224 e. The first-order valence-corrected chi connectivity index (χ1v) is 7.30. The van der Waals surface area contributed by atoms with Gasteiger partial charge in [-0.15, -0.1) is 0 Å². The first-order valence-electron chi connectivity index (χ1n) is 6.51. The van der Waals surface area contributed by atoms with E-state index in [1.165, 1.54) is 19.2 Å². The van der Waals surface area contributed by atoms with Gasteiger partial charge in [-0.05, 0) is 34.5 Å². The Balaban J connectivity index is 2.26. The molecule has 0 bridgehead atoms. The van der Waals surface area contributed by atoms with Crippen LogP contribution in [0.25, 0.3) is 0 Å². The molecule has 2 aromatic rings. The van der Waals surface area contributed by atoms with E-state index in [-0.39, 0.29) is 5.82 Å². The van der Waals surface area contributed by atoms with E-state index in [0.717, 1.165) is 13.0 Å². The predicted octanol–water partition coefficient (Wildman–Crippen LogP) is 3.95. The largest absolute Gasteiger partial charge is 0.494 e. The van der Waals surface area contributed by atoms with Crippen molar-refractivity contribution < 1.29 is 9.13 Å². The Bertz CT molecular complexity index is 624. The second-order valence-electron chi connectivity index (χ2n) is 4.29. The van der Waals surface area contributed by atoms with E-state index < -0.39 is 0 Å². The van der Waals surface area contributed by atoms with E-state index in [4.69, 9.17) is 4.74 Å². The Labute approximate surface area is 131 Å². The van der Waals surface area contributed by atoms with E-state index in [9.17, 15) is 4.39 Å². The molecule has 7 heteroatoms. The first-order chi connectivity index (χ1) is 10.1. The van der Waals surface area contributed by atoms with Gasteiger partial charge in [-0.1, -0.05) is 6.92 Å². The first kappa shape index (κ1) is 15.5. The Morgan fingerprint density at radius 3 is 2.90 bits per heavy atom. The van der Waals surface area contributed by atoms with E-state index in [1.54, 1.807) is 12.3 Å². The summed E-state index contributed by atoms with van der Waals surface area (Å²) >= 11 is 3.39. The number of methoxy groups -OCH3 is 1. The molecule has 0 aliphatic heterocycles. The van der Waals surface area contributed by atoms with Crippen LogP contribution < -0.4 is 15.4 Å². The van der Waals surface area contributed by atoms with Gasteiger partial charge in [0.15, 0.2) is 0 Å². The fourth-order valence-corrected chi connectivity index (χ4v) is 1.96. The van der Waals surface area contributed by atoms with Gasteiger partial charge in [0.2, 0.25) is 5.95 Å². The lowest BCUT2D eigenvalue weighted by molar-refractivity contribution is 0.413. The molecule has 0 fully saturated rings. The summed E-state index contributed by atoms with van der Waals surface area (Å²) in [6.07, 6.45) is 2.64. The summed E-state index contributed by atoms with van der Waals surface area (Å²) in [4.78, 5) is 8.55. The molecule has 112 valence electrons. The molecule has 2 rings (SSSR count). The van der Waals surface area contributed by atoms with Crippen LogP contribution in [0.4, 0.5) is 21.8 Å². The van der Waals surface area contributed by atoms with Crippen LogP contribution >= 0.6 is 15.9 Å². The van der Waals surface area contributed by atoms with Crippen LogP contribution in [0.15, 0.2) is 28.9 Å². The van der Waals surface area contributed by atoms with Gasteiger partial charge in [0, 0.05) is 18.8 Å². The quantitative estimate of drug-likeness (QED) is 0.822. The molecule has 1 aromatic heterocycles. The number of nitrogens with zero attached hydrogens (tertiary/aromatic N) is 2. The molecule has 0 aliphatic rings. The van der Waals surface area contributed by atoms with Gasteiger partial charge in [-0.25, -0.2) is 9.37 Å². The molecule has 0 radical (unpaired) electrons. The molecule has 0 atom stereocenters. The van der Waals surface area contributed by atoms with Gasteiger partial charge < -0.3 is 15.4 Å². The SMILES string of the molecule is CCCNc1ncc(Br)c(Nc2ccc(F)cc2OC)n1. The molecule has 0 saturated heterocycles. The number of aromatic nitrogens is 2. The molecule has 21 heavy (non-hydrogen) atoms. The van der Waals surface area contributed by atoms with Crippen molar-refractivity contribution in [1.29, 1.82) is 0 Å². The maximum Gasteiger partial charge on any atom is 0.224 e. The van der Waals surface area contributed by atoms with Crippen LogP contribution in [0.5, 0.6) is 5.75 Å². The van der Waals surface area contributed by atoms with Crippen molar-refractivity contribution in [1.82, 2.24) is 9.97 Å². The van der Waals surface area contributed by atoms with Crippen LogP contribution in [-0.2, 0) is 0 Å². The highest BCUT2D eigenvalue weighted by molar-refractivity contribution is 9.10. The second kappa shape index (κ2) is 7.21. The van der Waals surface area contributed by atoms with Crippen LogP contribution in [0.1, 0.15) is 13.3 Å². The lowest BCUT2D eigenvalue weighted by Gasteiger charge is -2.12. The van der Waals surface area contributed by atoms with Gasteiger partial charge in [-0.3, -0.25) is 0 Å². The number of rotatable bonds is 6. The average Bonchev–Trinajstić information content (AvgIpc) is 2.49. The van der Waals surface area contributed by atoms with Crippen molar-refractivity contribution in [3.05, 3.63) is 34.7 Å². The van der Waals surface area contributed by atoms with Crippen molar-refractivity contribution in [2.45, 2.75) is 13.3 Å².